The Bertz CT molecular complexity index is 367. The monoisotopic (exact) mass is 279 g/mol. The molecule has 1 amide bonds. The molecule has 1 saturated heterocycles. The molecule has 6 heteroatoms. The molecule has 1 heterocycles. The van der Waals surface area contributed by atoms with Crippen molar-refractivity contribution in [2.45, 2.75) is 57.9 Å². The van der Waals surface area contributed by atoms with Gasteiger partial charge in [0, 0.05) is 18.0 Å². The van der Waals surface area contributed by atoms with Gasteiger partial charge in [-0.05, 0) is 25.7 Å². The van der Waals surface area contributed by atoms with E-state index in [1.807, 2.05) is 0 Å². The van der Waals surface area contributed by atoms with Crippen LogP contribution in [0, 0.1) is 11.3 Å². The van der Waals surface area contributed by atoms with E-state index in [0.29, 0.717) is 13.0 Å². The quantitative estimate of drug-likeness (QED) is 0.800. The Morgan fingerprint density at radius 3 is 2.42 bits per heavy atom. The summed E-state index contributed by atoms with van der Waals surface area (Å²) in [6, 6.07) is -0.905. The molecule has 3 unspecified atom stereocenters. The van der Waals surface area contributed by atoms with Crippen LogP contribution in [0.1, 0.15) is 39.5 Å². The fraction of sp³-hybridized carbons (Fsp3) is 0.923. The number of rotatable bonds is 1. The standard InChI is InChI=1S/C13H20F3NO2/c1-12(2)5-6-17(11(12)19)10-7-8(18)3-4-9(10)13(14,15)16/h8-10,18H,3-7H2,1-2H3. The lowest BCUT2D eigenvalue weighted by molar-refractivity contribution is -0.204. The smallest absolute Gasteiger partial charge is 0.393 e. The minimum atomic E-state index is -4.31. The first-order valence-electron chi connectivity index (χ1n) is 6.69. The summed E-state index contributed by atoms with van der Waals surface area (Å²) in [6.45, 7) is 3.88. The summed E-state index contributed by atoms with van der Waals surface area (Å²) in [7, 11) is 0. The average molecular weight is 279 g/mol. The van der Waals surface area contributed by atoms with Crippen molar-refractivity contribution in [1.29, 1.82) is 0 Å². The van der Waals surface area contributed by atoms with Gasteiger partial charge in [0.05, 0.1) is 12.0 Å². The number of alkyl halides is 3. The number of aliphatic hydroxyl groups excluding tert-OH is 1. The van der Waals surface area contributed by atoms with Crippen molar-refractivity contribution in [3.05, 3.63) is 0 Å². The van der Waals surface area contributed by atoms with Gasteiger partial charge in [0.25, 0.3) is 0 Å². The molecule has 2 aliphatic rings. The molecule has 19 heavy (non-hydrogen) atoms. The topological polar surface area (TPSA) is 40.5 Å². The van der Waals surface area contributed by atoms with Gasteiger partial charge in [-0.25, -0.2) is 0 Å². The van der Waals surface area contributed by atoms with Crippen LogP contribution in [-0.4, -0.2) is 40.8 Å². The Labute approximate surface area is 110 Å². The van der Waals surface area contributed by atoms with Crippen molar-refractivity contribution in [2.75, 3.05) is 6.54 Å². The Morgan fingerprint density at radius 1 is 1.32 bits per heavy atom. The largest absolute Gasteiger partial charge is 0.393 e. The highest BCUT2D eigenvalue weighted by Crippen LogP contribution is 2.43. The number of hydrogen-bond donors (Lipinski definition) is 1. The van der Waals surface area contributed by atoms with E-state index in [1.165, 1.54) is 4.90 Å². The highest BCUT2D eigenvalue weighted by molar-refractivity contribution is 5.84. The molecule has 0 aromatic carbocycles. The molecule has 0 radical (unpaired) electrons. The van der Waals surface area contributed by atoms with Crippen molar-refractivity contribution in [1.82, 2.24) is 4.90 Å². The molecule has 1 saturated carbocycles. The number of carbonyl (C=O) groups excluding carboxylic acids is 1. The van der Waals surface area contributed by atoms with Crippen LogP contribution in [0.15, 0.2) is 0 Å². The lowest BCUT2D eigenvalue weighted by Gasteiger charge is -2.41. The number of halogens is 3. The number of carbonyl (C=O) groups is 1. The van der Waals surface area contributed by atoms with Crippen LogP contribution in [0.25, 0.3) is 0 Å². The number of aliphatic hydroxyl groups is 1. The number of likely N-dealkylation sites (tertiary alicyclic amines) is 1. The molecular weight excluding hydrogens is 259 g/mol. The summed E-state index contributed by atoms with van der Waals surface area (Å²) in [5.74, 6) is -1.73. The predicted molar refractivity (Wildman–Crippen MR) is 63.3 cm³/mol. The fourth-order valence-corrected chi connectivity index (χ4v) is 3.17. The van der Waals surface area contributed by atoms with E-state index in [1.54, 1.807) is 13.8 Å². The highest BCUT2D eigenvalue weighted by Gasteiger charge is 2.52. The zero-order chi connectivity index (χ0) is 14.4. The maximum Gasteiger partial charge on any atom is 0.393 e. The maximum absolute atomic E-state index is 13.1. The second-order valence-corrected chi connectivity index (χ2v) is 6.31. The van der Waals surface area contributed by atoms with Crippen LogP contribution in [0.4, 0.5) is 13.2 Å². The van der Waals surface area contributed by atoms with Gasteiger partial charge in [-0.2, -0.15) is 13.2 Å². The second-order valence-electron chi connectivity index (χ2n) is 6.31. The van der Waals surface area contributed by atoms with Crippen molar-refractivity contribution in [3.8, 4) is 0 Å². The third-order valence-electron chi connectivity index (χ3n) is 4.43. The SMILES string of the molecule is CC1(C)CCN(C2CC(O)CCC2C(F)(F)F)C1=O. The van der Waals surface area contributed by atoms with Crippen molar-refractivity contribution >= 4 is 5.91 Å². The number of hydrogen-bond acceptors (Lipinski definition) is 2. The van der Waals surface area contributed by atoms with E-state index >= 15 is 0 Å². The zero-order valence-corrected chi connectivity index (χ0v) is 11.2. The van der Waals surface area contributed by atoms with E-state index in [9.17, 15) is 23.1 Å². The van der Waals surface area contributed by atoms with E-state index in [-0.39, 0.29) is 25.2 Å². The van der Waals surface area contributed by atoms with Gasteiger partial charge >= 0.3 is 6.18 Å². The summed E-state index contributed by atoms with van der Waals surface area (Å²) in [4.78, 5) is 13.5. The normalized spacial score (nSPS) is 35.8. The first kappa shape index (κ1) is 14.6. The molecule has 1 aliphatic carbocycles. The Morgan fingerprint density at radius 2 is 1.95 bits per heavy atom. The van der Waals surface area contributed by atoms with E-state index in [2.05, 4.69) is 0 Å². The predicted octanol–water partition coefficient (Wildman–Crippen LogP) is 2.34. The maximum atomic E-state index is 13.1. The van der Waals surface area contributed by atoms with Gasteiger partial charge in [0.15, 0.2) is 0 Å². The van der Waals surface area contributed by atoms with Crippen molar-refractivity contribution < 1.29 is 23.1 Å². The van der Waals surface area contributed by atoms with Crippen molar-refractivity contribution in [3.63, 3.8) is 0 Å². The molecule has 2 rings (SSSR count). The summed E-state index contributed by atoms with van der Waals surface area (Å²) < 4.78 is 39.2. The van der Waals surface area contributed by atoms with Gasteiger partial charge in [0.2, 0.25) is 5.91 Å². The molecule has 0 spiro atoms. The van der Waals surface area contributed by atoms with Crippen LogP contribution in [-0.2, 0) is 4.79 Å². The fourth-order valence-electron chi connectivity index (χ4n) is 3.17. The number of nitrogens with zero attached hydrogens (tertiary/aromatic N) is 1. The lowest BCUT2D eigenvalue weighted by atomic mass is 9.81. The third-order valence-corrected chi connectivity index (χ3v) is 4.43. The molecule has 3 atom stereocenters. The number of amides is 1. The summed E-state index contributed by atoms with van der Waals surface area (Å²) >= 11 is 0. The molecular formula is C13H20F3NO2. The lowest BCUT2D eigenvalue weighted by Crippen LogP contribution is -2.52. The van der Waals surface area contributed by atoms with Crippen LogP contribution in [0.3, 0.4) is 0 Å². The summed E-state index contributed by atoms with van der Waals surface area (Å²) in [5, 5.41) is 9.63. The first-order valence-corrected chi connectivity index (χ1v) is 6.69. The van der Waals surface area contributed by atoms with Crippen LogP contribution in [0.2, 0.25) is 0 Å². The molecule has 1 N–H and O–H groups in total. The molecule has 1 aliphatic heterocycles. The first-order chi connectivity index (χ1) is 8.63. The highest BCUT2D eigenvalue weighted by atomic mass is 19.4. The molecule has 110 valence electrons. The summed E-state index contributed by atoms with van der Waals surface area (Å²) in [5.41, 5.74) is -0.585. The van der Waals surface area contributed by atoms with Gasteiger partial charge < -0.3 is 10.0 Å². The van der Waals surface area contributed by atoms with Crippen LogP contribution < -0.4 is 0 Å². The van der Waals surface area contributed by atoms with Crippen LogP contribution >= 0.6 is 0 Å². The average Bonchev–Trinajstić information content (AvgIpc) is 2.52. The molecule has 0 aromatic rings. The van der Waals surface area contributed by atoms with Gasteiger partial charge in [-0.1, -0.05) is 13.8 Å². The third kappa shape index (κ3) is 2.73. The van der Waals surface area contributed by atoms with Gasteiger partial charge in [0.1, 0.15) is 0 Å². The summed E-state index contributed by atoms with van der Waals surface area (Å²) in [6.07, 6.45) is -4.38. The molecule has 0 aromatic heterocycles. The van der Waals surface area contributed by atoms with Gasteiger partial charge in [-0.3, -0.25) is 4.79 Å². The van der Waals surface area contributed by atoms with Crippen molar-refractivity contribution in [2.24, 2.45) is 11.3 Å². The zero-order valence-electron chi connectivity index (χ0n) is 11.2. The van der Waals surface area contributed by atoms with E-state index < -0.39 is 29.7 Å². The van der Waals surface area contributed by atoms with E-state index in [0.717, 1.165) is 0 Å². The van der Waals surface area contributed by atoms with Crippen LogP contribution in [0.5, 0.6) is 0 Å². The molecule has 0 bridgehead atoms. The minimum Gasteiger partial charge on any atom is -0.393 e. The second kappa shape index (κ2) is 4.65. The minimum absolute atomic E-state index is 0.0337. The molecule has 2 fully saturated rings. The molecule has 3 nitrogen and oxygen atoms in total. The Kier molecular flexibility index (Phi) is 3.58. The van der Waals surface area contributed by atoms with E-state index in [4.69, 9.17) is 0 Å². The van der Waals surface area contributed by atoms with Gasteiger partial charge in [-0.15, -0.1) is 0 Å². The Hall–Kier alpha value is -0.780. The Balaban J connectivity index is 2.22.